The van der Waals surface area contributed by atoms with Crippen molar-refractivity contribution in [1.29, 1.82) is 0 Å². The van der Waals surface area contributed by atoms with E-state index in [2.05, 4.69) is 33.7 Å². The molecule has 0 rings (SSSR count). The molecule has 0 unspecified atom stereocenters. The molecule has 0 atom stereocenters. The van der Waals surface area contributed by atoms with Gasteiger partial charge in [-0.05, 0) is 6.04 Å². The Balaban J connectivity index is 3.54. The molecule has 0 saturated heterocycles. The Hall–Kier alpha value is 0.217. The smallest absolute Gasteiger partial charge is 0.0558 e. The first-order chi connectivity index (χ1) is 7.24. The van der Waals surface area contributed by atoms with E-state index in [1.165, 1.54) is 56.7 Å². The van der Waals surface area contributed by atoms with E-state index in [-0.39, 0.29) is 0 Å². The van der Waals surface area contributed by atoms with Gasteiger partial charge in [0.2, 0.25) is 0 Å². The molecule has 0 N–H and O–H groups in total. The van der Waals surface area contributed by atoms with Gasteiger partial charge in [0.1, 0.15) is 0 Å². The fourth-order valence-corrected chi connectivity index (χ4v) is 5.52. The summed E-state index contributed by atoms with van der Waals surface area (Å²) in [5, 5.41) is 0. The van der Waals surface area contributed by atoms with E-state index in [9.17, 15) is 0 Å². The van der Waals surface area contributed by atoms with Crippen LogP contribution in [0.15, 0.2) is 0 Å². The lowest BCUT2D eigenvalue weighted by atomic mass is 10.1. The second-order valence-corrected chi connectivity index (χ2v) is 10.1. The average molecular weight is 227 g/mol. The van der Waals surface area contributed by atoms with Crippen LogP contribution in [0.1, 0.15) is 66.2 Å². The standard InChI is InChI=1S/C14H31Si/c1-5-9-10-11-12-13-14-15(6-2,7-3)8-4/h14H,5-13H2,1-4H3. The molecule has 0 aliphatic heterocycles. The molecular weight excluding hydrogens is 196 g/mol. The van der Waals surface area contributed by atoms with Gasteiger partial charge in [-0.2, -0.15) is 0 Å². The minimum absolute atomic E-state index is 0.911. The monoisotopic (exact) mass is 227 g/mol. The van der Waals surface area contributed by atoms with Crippen LogP contribution in [0, 0.1) is 6.04 Å². The number of unbranched alkanes of at least 4 members (excludes halogenated alkanes) is 5. The summed E-state index contributed by atoms with van der Waals surface area (Å²) in [4.78, 5) is 0. The van der Waals surface area contributed by atoms with Gasteiger partial charge in [0, 0.05) is 0 Å². The van der Waals surface area contributed by atoms with Crippen LogP contribution >= 0.6 is 0 Å². The summed E-state index contributed by atoms with van der Waals surface area (Å²) in [5.74, 6) is 0. The van der Waals surface area contributed by atoms with Crippen LogP contribution in [-0.4, -0.2) is 8.07 Å². The third kappa shape index (κ3) is 6.39. The lowest BCUT2D eigenvalue weighted by molar-refractivity contribution is 0.633. The second kappa shape index (κ2) is 9.44. The highest BCUT2D eigenvalue weighted by molar-refractivity contribution is 6.82. The topological polar surface area (TPSA) is 0 Å². The quantitative estimate of drug-likeness (QED) is 0.337. The van der Waals surface area contributed by atoms with Crippen LogP contribution in [0.5, 0.6) is 0 Å². The van der Waals surface area contributed by atoms with E-state index in [1.54, 1.807) is 0 Å². The first kappa shape index (κ1) is 15.2. The van der Waals surface area contributed by atoms with Crippen molar-refractivity contribution in [3.05, 3.63) is 6.04 Å². The van der Waals surface area contributed by atoms with Crippen molar-refractivity contribution < 1.29 is 0 Å². The van der Waals surface area contributed by atoms with Crippen LogP contribution in [0.4, 0.5) is 0 Å². The van der Waals surface area contributed by atoms with Crippen LogP contribution in [0.3, 0.4) is 0 Å². The first-order valence-electron chi connectivity index (χ1n) is 7.09. The molecule has 1 radical (unpaired) electrons. The first-order valence-corrected chi connectivity index (χ1v) is 9.78. The molecular formula is C14H31Si. The minimum Gasteiger partial charge on any atom is -0.0678 e. The average Bonchev–Trinajstić information content (AvgIpc) is 2.29. The molecule has 0 aromatic heterocycles. The van der Waals surface area contributed by atoms with Gasteiger partial charge < -0.3 is 0 Å². The van der Waals surface area contributed by atoms with Crippen molar-refractivity contribution >= 4 is 8.07 Å². The van der Waals surface area contributed by atoms with Crippen LogP contribution in [0.2, 0.25) is 18.1 Å². The summed E-state index contributed by atoms with van der Waals surface area (Å²) >= 11 is 0. The van der Waals surface area contributed by atoms with Crippen LogP contribution < -0.4 is 0 Å². The zero-order chi connectivity index (χ0) is 11.6. The third-order valence-electron chi connectivity index (χ3n) is 4.00. The summed E-state index contributed by atoms with van der Waals surface area (Å²) < 4.78 is 0. The number of rotatable bonds is 10. The summed E-state index contributed by atoms with van der Waals surface area (Å²) in [6.07, 6.45) is 8.52. The Morgan fingerprint density at radius 3 is 1.73 bits per heavy atom. The fourth-order valence-electron chi connectivity index (χ4n) is 2.34. The predicted octanol–water partition coefficient (Wildman–Crippen LogP) is 5.60. The van der Waals surface area contributed by atoms with Crippen molar-refractivity contribution in [2.75, 3.05) is 0 Å². The SMILES string of the molecule is CCCCCCC[CH][Si](CC)(CC)CC. The molecule has 91 valence electrons. The molecule has 0 amide bonds. The molecule has 0 fully saturated rings. The zero-order valence-corrected chi connectivity index (χ0v) is 12.4. The molecule has 0 heterocycles. The van der Waals surface area contributed by atoms with Crippen molar-refractivity contribution in [1.82, 2.24) is 0 Å². The van der Waals surface area contributed by atoms with Crippen LogP contribution in [0.25, 0.3) is 0 Å². The maximum atomic E-state index is 2.75. The van der Waals surface area contributed by atoms with E-state index in [0.29, 0.717) is 0 Å². The third-order valence-corrected chi connectivity index (χ3v) is 9.38. The Morgan fingerprint density at radius 1 is 0.733 bits per heavy atom. The van der Waals surface area contributed by atoms with Gasteiger partial charge in [0.05, 0.1) is 8.07 Å². The van der Waals surface area contributed by atoms with E-state index in [0.717, 1.165) is 0 Å². The van der Waals surface area contributed by atoms with Crippen molar-refractivity contribution in [3.63, 3.8) is 0 Å². The van der Waals surface area contributed by atoms with Gasteiger partial charge in [0.15, 0.2) is 0 Å². The molecule has 0 saturated carbocycles. The molecule has 0 aliphatic carbocycles. The highest BCUT2D eigenvalue weighted by atomic mass is 28.3. The summed E-state index contributed by atoms with van der Waals surface area (Å²) in [5.41, 5.74) is 0. The van der Waals surface area contributed by atoms with Crippen molar-refractivity contribution in [3.8, 4) is 0 Å². The maximum Gasteiger partial charge on any atom is 0.0558 e. The summed E-state index contributed by atoms with van der Waals surface area (Å²) in [6, 6.07) is 7.11. The van der Waals surface area contributed by atoms with Gasteiger partial charge in [-0.15, -0.1) is 0 Å². The molecule has 0 aliphatic rings. The highest BCUT2D eigenvalue weighted by Crippen LogP contribution is 2.25. The molecule has 0 spiro atoms. The fraction of sp³-hybridized carbons (Fsp3) is 0.929. The molecule has 15 heavy (non-hydrogen) atoms. The maximum absolute atomic E-state index is 2.75. The van der Waals surface area contributed by atoms with Crippen molar-refractivity contribution in [2.45, 2.75) is 84.4 Å². The van der Waals surface area contributed by atoms with E-state index in [4.69, 9.17) is 0 Å². The van der Waals surface area contributed by atoms with Gasteiger partial charge in [-0.1, -0.05) is 84.4 Å². The van der Waals surface area contributed by atoms with Gasteiger partial charge >= 0.3 is 0 Å². The van der Waals surface area contributed by atoms with Gasteiger partial charge in [-0.3, -0.25) is 0 Å². The molecule has 1 heteroatoms. The van der Waals surface area contributed by atoms with Gasteiger partial charge in [0.25, 0.3) is 0 Å². The second-order valence-electron chi connectivity index (χ2n) is 4.83. The molecule has 0 aromatic rings. The normalized spacial score (nSPS) is 12.0. The zero-order valence-electron chi connectivity index (χ0n) is 11.4. The van der Waals surface area contributed by atoms with E-state index in [1.807, 2.05) is 0 Å². The summed E-state index contributed by atoms with van der Waals surface area (Å²) in [7, 11) is -0.911. The Kier molecular flexibility index (Phi) is 9.58. The summed E-state index contributed by atoms with van der Waals surface area (Å²) in [6.45, 7) is 9.47. The Labute approximate surface area is 98.9 Å². The molecule has 0 bridgehead atoms. The Morgan fingerprint density at radius 2 is 1.27 bits per heavy atom. The van der Waals surface area contributed by atoms with Gasteiger partial charge in [-0.25, -0.2) is 0 Å². The highest BCUT2D eigenvalue weighted by Gasteiger charge is 2.25. The molecule has 0 aromatic carbocycles. The lowest BCUT2D eigenvalue weighted by Gasteiger charge is -2.27. The molecule has 0 nitrogen and oxygen atoms in total. The lowest BCUT2D eigenvalue weighted by Crippen LogP contribution is -2.32. The Bertz CT molecular complexity index is 119. The van der Waals surface area contributed by atoms with E-state index >= 15 is 0 Å². The number of hydrogen-bond acceptors (Lipinski definition) is 0. The largest absolute Gasteiger partial charge is 0.0678 e. The van der Waals surface area contributed by atoms with Crippen LogP contribution in [-0.2, 0) is 0 Å². The van der Waals surface area contributed by atoms with E-state index < -0.39 is 8.07 Å². The predicted molar refractivity (Wildman–Crippen MR) is 74.9 cm³/mol. The van der Waals surface area contributed by atoms with Crippen molar-refractivity contribution in [2.24, 2.45) is 0 Å². The minimum atomic E-state index is -0.911. The number of hydrogen-bond donors (Lipinski definition) is 0.